The molecule has 0 saturated heterocycles. The SMILES string of the molecule is Cc1ccc(F)cc1NC(=O)COCc1ccccc1. The van der Waals surface area contributed by atoms with Crippen molar-refractivity contribution in [2.75, 3.05) is 11.9 Å². The number of amides is 1. The molecule has 0 bridgehead atoms. The van der Waals surface area contributed by atoms with Crippen molar-refractivity contribution in [3.8, 4) is 0 Å². The molecule has 1 N–H and O–H groups in total. The maximum absolute atomic E-state index is 13.1. The van der Waals surface area contributed by atoms with Gasteiger partial charge in [-0.1, -0.05) is 36.4 Å². The summed E-state index contributed by atoms with van der Waals surface area (Å²) in [4.78, 5) is 11.7. The molecular weight excluding hydrogens is 257 g/mol. The summed E-state index contributed by atoms with van der Waals surface area (Å²) in [6.45, 7) is 2.11. The lowest BCUT2D eigenvalue weighted by Gasteiger charge is -2.09. The van der Waals surface area contributed by atoms with Crippen molar-refractivity contribution in [2.45, 2.75) is 13.5 Å². The van der Waals surface area contributed by atoms with Gasteiger partial charge in [-0.3, -0.25) is 4.79 Å². The summed E-state index contributed by atoms with van der Waals surface area (Å²) in [5.41, 5.74) is 2.28. The fraction of sp³-hybridized carbons (Fsp3) is 0.188. The number of halogens is 1. The van der Waals surface area contributed by atoms with E-state index in [0.717, 1.165) is 11.1 Å². The summed E-state index contributed by atoms with van der Waals surface area (Å²) in [7, 11) is 0. The average Bonchev–Trinajstić information content (AvgIpc) is 2.44. The van der Waals surface area contributed by atoms with Crippen molar-refractivity contribution in [2.24, 2.45) is 0 Å². The van der Waals surface area contributed by atoms with Gasteiger partial charge in [0.05, 0.1) is 6.61 Å². The second-order valence-electron chi connectivity index (χ2n) is 4.49. The number of carbonyl (C=O) groups excluding carboxylic acids is 1. The Hall–Kier alpha value is -2.20. The third kappa shape index (κ3) is 4.17. The largest absolute Gasteiger partial charge is 0.367 e. The number of anilines is 1. The van der Waals surface area contributed by atoms with Crippen LogP contribution in [0.1, 0.15) is 11.1 Å². The van der Waals surface area contributed by atoms with Gasteiger partial charge in [0, 0.05) is 5.69 Å². The van der Waals surface area contributed by atoms with E-state index in [-0.39, 0.29) is 18.3 Å². The Bertz CT molecular complexity index is 584. The summed E-state index contributed by atoms with van der Waals surface area (Å²) < 4.78 is 18.4. The molecule has 0 unspecified atom stereocenters. The van der Waals surface area contributed by atoms with E-state index in [4.69, 9.17) is 4.74 Å². The van der Waals surface area contributed by atoms with E-state index in [2.05, 4.69) is 5.32 Å². The minimum absolute atomic E-state index is 0.0646. The Kier molecular flexibility index (Phi) is 4.85. The van der Waals surface area contributed by atoms with Crippen LogP contribution in [0.5, 0.6) is 0 Å². The Morgan fingerprint density at radius 3 is 2.70 bits per heavy atom. The molecule has 2 aromatic rings. The number of benzene rings is 2. The van der Waals surface area contributed by atoms with Crippen LogP contribution in [0.25, 0.3) is 0 Å². The molecule has 0 atom stereocenters. The molecule has 20 heavy (non-hydrogen) atoms. The molecule has 2 rings (SSSR count). The van der Waals surface area contributed by atoms with Crippen molar-refractivity contribution >= 4 is 11.6 Å². The fourth-order valence-corrected chi connectivity index (χ4v) is 1.75. The number of nitrogens with one attached hydrogen (secondary N) is 1. The minimum atomic E-state index is -0.379. The molecule has 4 heteroatoms. The number of hydrogen-bond acceptors (Lipinski definition) is 2. The van der Waals surface area contributed by atoms with Gasteiger partial charge in [0.2, 0.25) is 5.91 Å². The molecule has 3 nitrogen and oxygen atoms in total. The van der Waals surface area contributed by atoms with E-state index < -0.39 is 0 Å². The number of rotatable bonds is 5. The molecule has 0 radical (unpaired) electrons. The molecule has 0 aromatic heterocycles. The number of carbonyl (C=O) groups is 1. The first-order valence-corrected chi connectivity index (χ1v) is 6.33. The van der Waals surface area contributed by atoms with E-state index in [1.54, 1.807) is 13.0 Å². The predicted octanol–water partition coefficient (Wildman–Crippen LogP) is 3.29. The molecule has 0 aliphatic rings. The summed E-state index contributed by atoms with van der Waals surface area (Å²) in [5, 5.41) is 2.63. The van der Waals surface area contributed by atoms with E-state index in [1.807, 2.05) is 30.3 Å². The van der Waals surface area contributed by atoms with Crippen LogP contribution in [0, 0.1) is 12.7 Å². The third-order valence-electron chi connectivity index (χ3n) is 2.82. The van der Waals surface area contributed by atoms with Crippen LogP contribution >= 0.6 is 0 Å². The molecule has 0 fully saturated rings. The fourth-order valence-electron chi connectivity index (χ4n) is 1.75. The molecule has 0 saturated carbocycles. The number of aryl methyl sites for hydroxylation is 1. The summed E-state index contributed by atoms with van der Waals surface area (Å²) in [6.07, 6.45) is 0. The van der Waals surface area contributed by atoms with Crippen LogP contribution < -0.4 is 5.32 Å². The lowest BCUT2D eigenvalue weighted by Crippen LogP contribution is -2.18. The second kappa shape index (κ2) is 6.82. The Balaban J connectivity index is 1.82. The van der Waals surface area contributed by atoms with E-state index >= 15 is 0 Å². The van der Waals surface area contributed by atoms with Gasteiger partial charge in [-0.15, -0.1) is 0 Å². The molecule has 104 valence electrons. The molecular formula is C16H16FNO2. The highest BCUT2D eigenvalue weighted by Gasteiger charge is 2.06. The van der Waals surface area contributed by atoms with E-state index in [9.17, 15) is 9.18 Å². The van der Waals surface area contributed by atoms with E-state index in [0.29, 0.717) is 12.3 Å². The quantitative estimate of drug-likeness (QED) is 0.907. The lowest BCUT2D eigenvalue weighted by molar-refractivity contribution is -0.121. The zero-order valence-electron chi connectivity index (χ0n) is 11.2. The second-order valence-corrected chi connectivity index (χ2v) is 4.49. The highest BCUT2D eigenvalue weighted by Crippen LogP contribution is 2.15. The summed E-state index contributed by atoms with van der Waals surface area (Å²) >= 11 is 0. The van der Waals surface area contributed by atoms with Crippen molar-refractivity contribution in [3.05, 3.63) is 65.5 Å². The normalized spacial score (nSPS) is 10.3. The zero-order valence-corrected chi connectivity index (χ0v) is 11.2. The predicted molar refractivity (Wildman–Crippen MR) is 75.9 cm³/mol. The van der Waals surface area contributed by atoms with Gasteiger partial charge in [0.1, 0.15) is 12.4 Å². The Morgan fingerprint density at radius 2 is 1.95 bits per heavy atom. The average molecular weight is 273 g/mol. The number of hydrogen-bond donors (Lipinski definition) is 1. The molecule has 0 aliphatic carbocycles. The van der Waals surface area contributed by atoms with Crippen LogP contribution in [0.4, 0.5) is 10.1 Å². The number of ether oxygens (including phenoxy) is 1. The first kappa shape index (κ1) is 14.2. The molecule has 1 amide bonds. The maximum atomic E-state index is 13.1. The molecule has 0 heterocycles. The summed E-state index contributed by atoms with van der Waals surface area (Å²) in [5.74, 6) is -0.675. The monoisotopic (exact) mass is 273 g/mol. The first-order valence-electron chi connectivity index (χ1n) is 6.33. The molecule has 0 aliphatic heterocycles. The molecule has 0 spiro atoms. The van der Waals surface area contributed by atoms with Crippen LogP contribution in [-0.2, 0) is 16.1 Å². The van der Waals surface area contributed by atoms with Crippen molar-refractivity contribution in [1.82, 2.24) is 0 Å². The van der Waals surface area contributed by atoms with Gasteiger partial charge in [0.15, 0.2) is 0 Å². The van der Waals surface area contributed by atoms with Gasteiger partial charge >= 0.3 is 0 Å². The lowest BCUT2D eigenvalue weighted by atomic mass is 10.2. The van der Waals surface area contributed by atoms with Crippen LogP contribution in [0.2, 0.25) is 0 Å². The van der Waals surface area contributed by atoms with Gasteiger partial charge in [0.25, 0.3) is 0 Å². The standard InChI is InChI=1S/C16H16FNO2/c1-12-7-8-14(17)9-15(12)18-16(19)11-20-10-13-5-3-2-4-6-13/h2-9H,10-11H2,1H3,(H,18,19). The zero-order chi connectivity index (χ0) is 14.4. The van der Waals surface area contributed by atoms with Crippen molar-refractivity contribution < 1.29 is 13.9 Å². The van der Waals surface area contributed by atoms with Gasteiger partial charge in [-0.2, -0.15) is 0 Å². The highest BCUT2D eigenvalue weighted by molar-refractivity contribution is 5.92. The van der Waals surface area contributed by atoms with Crippen molar-refractivity contribution in [3.63, 3.8) is 0 Å². The maximum Gasteiger partial charge on any atom is 0.250 e. The van der Waals surface area contributed by atoms with Crippen LogP contribution in [0.15, 0.2) is 48.5 Å². The minimum Gasteiger partial charge on any atom is -0.367 e. The smallest absolute Gasteiger partial charge is 0.250 e. The van der Waals surface area contributed by atoms with Gasteiger partial charge in [-0.25, -0.2) is 4.39 Å². The van der Waals surface area contributed by atoms with Crippen LogP contribution in [0.3, 0.4) is 0 Å². The van der Waals surface area contributed by atoms with E-state index in [1.165, 1.54) is 12.1 Å². The Morgan fingerprint density at radius 1 is 1.20 bits per heavy atom. The van der Waals surface area contributed by atoms with Gasteiger partial charge < -0.3 is 10.1 Å². The third-order valence-corrected chi connectivity index (χ3v) is 2.82. The van der Waals surface area contributed by atoms with Crippen molar-refractivity contribution in [1.29, 1.82) is 0 Å². The van der Waals surface area contributed by atoms with Crippen LogP contribution in [-0.4, -0.2) is 12.5 Å². The Labute approximate surface area is 117 Å². The van der Waals surface area contributed by atoms with Gasteiger partial charge in [-0.05, 0) is 30.2 Å². The summed E-state index contributed by atoms with van der Waals surface area (Å²) in [6, 6.07) is 13.9. The molecule has 2 aromatic carbocycles. The topological polar surface area (TPSA) is 38.3 Å². The first-order chi connectivity index (χ1) is 9.65. The highest BCUT2D eigenvalue weighted by atomic mass is 19.1.